The van der Waals surface area contributed by atoms with Crippen molar-refractivity contribution >= 4 is 5.97 Å². The van der Waals surface area contributed by atoms with Crippen LogP contribution in [0.1, 0.15) is 5.69 Å². The molecule has 5 nitrogen and oxygen atoms in total. The van der Waals surface area contributed by atoms with Gasteiger partial charge in [-0.2, -0.15) is 0 Å². The molecule has 1 aromatic heterocycles. The van der Waals surface area contributed by atoms with Crippen molar-refractivity contribution < 1.29 is 14.6 Å². The number of carboxylic acids is 1. The van der Waals surface area contributed by atoms with Crippen molar-refractivity contribution in [3.8, 4) is 5.75 Å². The fourth-order valence-electron chi connectivity index (χ4n) is 0.925. The van der Waals surface area contributed by atoms with Crippen molar-refractivity contribution in [3.63, 3.8) is 0 Å². The largest absolute Gasteiger partial charge is 0.491 e. The minimum Gasteiger partial charge on any atom is -0.491 e. The maximum absolute atomic E-state index is 11.1. The van der Waals surface area contributed by atoms with E-state index in [0.29, 0.717) is 5.69 Å². The molecule has 0 saturated carbocycles. The van der Waals surface area contributed by atoms with Gasteiger partial charge in [0.15, 0.2) is 5.75 Å². The molecule has 0 radical (unpaired) electrons. The molecule has 70 valence electrons. The predicted octanol–water partition coefficient (Wildman–Crippen LogP) is 0.0106. The van der Waals surface area contributed by atoms with Crippen molar-refractivity contribution in [2.24, 2.45) is 0 Å². The van der Waals surface area contributed by atoms with Crippen molar-refractivity contribution in [2.75, 3.05) is 7.11 Å². The summed E-state index contributed by atoms with van der Waals surface area (Å²) in [6, 6.07) is 1.22. The maximum atomic E-state index is 11.1. The van der Waals surface area contributed by atoms with E-state index in [4.69, 9.17) is 9.84 Å². The Hall–Kier alpha value is -1.78. The lowest BCUT2D eigenvalue weighted by Gasteiger charge is -2.00. The average molecular weight is 183 g/mol. The van der Waals surface area contributed by atoms with E-state index in [1.54, 1.807) is 0 Å². The highest BCUT2D eigenvalue weighted by Gasteiger charge is 2.03. The van der Waals surface area contributed by atoms with E-state index in [0.717, 1.165) is 0 Å². The van der Waals surface area contributed by atoms with Gasteiger partial charge in [-0.1, -0.05) is 0 Å². The van der Waals surface area contributed by atoms with E-state index in [2.05, 4.69) is 4.98 Å². The first-order valence-electron chi connectivity index (χ1n) is 3.61. The summed E-state index contributed by atoms with van der Waals surface area (Å²) >= 11 is 0. The van der Waals surface area contributed by atoms with Crippen molar-refractivity contribution in [1.82, 2.24) is 4.98 Å². The van der Waals surface area contributed by atoms with Crippen LogP contribution in [0, 0.1) is 0 Å². The molecule has 0 amide bonds. The SMILES string of the molecule is COc1c[nH]c(CC(=O)O)cc1=O. The molecule has 0 aliphatic heterocycles. The van der Waals surface area contributed by atoms with Crippen LogP contribution in [0.2, 0.25) is 0 Å². The molecular formula is C8H9NO4. The smallest absolute Gasteiger partial charge is 0.309 e. The van der Waals surface area contributed by atoms with Gasteiger partial charge in [0.1, 0.15) is 0 Å². The number of methoxy groups -OCH3 is 1. The molecule has 0 bridgehead atoms. The highest BCUT2D eigenvalue weighted by atomic mass is 16.5. The van der Waals surface area contributed by atoms with Crippen molar-refractivity contribution in [2.45, 2.75) is 6.42 Å². The molecule has 13 heavy (non-hydrogen) atoms. The van der Waals surface area contributed by atoms with E-state index >= 15 is 0 Å². The van der Waals surface area contributed by atoms with Crippen molar-refractivity contribution in [1.29, 1.82) is 0 Å². The van der Waals surface area contributed by atoms with Crippen LogP contribution in [0.3, 0.4) is 0 Å². The standard InChI is InChI=1S/C8H9NO4/c1-13-7-4-9-5(2-6(7)10)3-8(11)12/h2,4H,3H2,1H3,(H,9,10)(H,11,12). The molecule has 0 fully saturated rings. The molecule has 0 aliphatic rings. The zero-order valence-electron chi connectivity index (χ0n) is 7.03. The summed E-state index contributed by atoms with van der Waals surface area (Å²) in [5.41, 5.74) is 0.0378. The number of pyridine rings is 1. The monoisotopic (exact) mass is 183 g/mol. The summed E-state index contributed by atoms with van der Waals surface area (Å²) in [6.45, 7) is 0. The van der Waals surface area contributed by atoms with Gasteiger partial charge < -0.3 is 14.8 Å². The molecule has 0 unspecified atom stereocenters. The Morgan fingerprint density at radius 2 is 2.38 bits per heavy atom. The number of aromatic amines is 1. The van der Waals surface area contributed by atoms with Crippen LogP contribution in [0.4, 0.5) is 0 Å². The lowest BCUT2D eigenvalue weighted by Crippen LogP contribution is -2.10. The first kappa shape index (κ1) is 9.31. The van der Waals surface area contributed by atoms with E-state index in [-0.39, 0.29) is 17.6 Å². The number of hydrogen-bond donors (Lipinski definition) is 2. The van der Waals surface area contributed by atoms with Crippen LogP contribution in [-0.4, -0.2) is 23.2 Å². The number of nitrogens with one attached hydrogen (secondary N) is 1. The van der Waals surface area contributed by atoms with Crippen molar-refractivity contribution in [3.05, 3.63) is 28.2 Å². The van der Waals surface area contributed by atoms with E-state index < -0.39 is 5.97 Å². The number of H-pyrrole nitrogens is 1. The number of aliphatic carboxylic acids is 1. The van der Waals surface area contributed by atoms with E-state index in [1.807, 2.05) is 0 Å². The van der Waals surface area contributed by atoms with Crippen LogP contribution in [0.15, 0.2) is 17.1 Å². The summed E-state index contributed by atoms with van der Waals surface area (Å²) in [6.07, 6.45) is 1.15. The quantitative estimate of drug-likeness (QED) is 0.691. The summed E-state index contributed by atoms with van der Waals surface area (Å²) in [5.74, 6) is -0.810. The van der Waals surface area contributed by atoms with Gasteiger partial charge in [-0.3, -0.25) is 9.59 Å². The van der Waals surface area contributed by atoms with Gasteiger partial charge in [0, 0.05) is 18.0 Å². The highest BCUT2D eigenvalue weighted by Crippen LogP contribution is 2.00. The van der Waals surface area contributed by atoms with Crippen LogP contribution in [-0.2, 0) is 11.2 Å². The maximum Gasteiger partial charge on any atom is 0.309 e. The lowest BCUT2D eigenvalue weighted by molar-refractivity contribution is -0.136. The minimum absolute atomic E-state index is 0.175. The molecule has 1 heterocycles. The Morgan fingerprint density at radius 3 is 2.85 bits per heavy atom. The summed E-state index contributed by atoms with van der Waals surface area (Å²) < 4.78 is 4.71. The predicted molar refractivity (Wildman–Crippen MR) is 45.0 cm³/mol. The first-order chi connectivity index (χ1) is 6.13. The van der Waals surface area contributed by atoms with Gasteiger partial charge in [0.05, 0.1) is 13.5 Å². The lowest BCUT2D eigenvalue weighted by atomic mass is 10.2. The summed E-state index contributed by atoms with van der Waals surface area (Å²) in [7, 11) is 1.38. The third-order valence-electron chi connectivity index (χ3n) is 1.50. The van der Waals surface area contributed by atoms with Gasteiger partial charge >= 0.3 is 5.97 Å². The zero-order chi connectivity index (χ0) is 9.84. The number of ether oxygens (including phenoxy) is 1. The molecule has 5 heteroatoms. The minimum atomic E-state index is -0.985. The first-order valence-corrected chi connectivity index (χ1v) is 3.61. The molecule has 0 atom stereocenters. The number of rotatable bonds is 3. The highest BCUT2D eigenvalue weighted by molar-refractivity contribution is 5.69. The second kappa shape index (κ2) is 3.75. The Balaban J connectivity index is 2.96. The molecule has 0 saturated heterocycles. The number of carbonyl (C=O) groups is 1. The normalized spacial score (nSPS) is 9.62. The Kier molecular flexibility index (Phi) is 2.69. The zero-order valence-corrected chi connectivity index (χ0v) is 7.03. The molecule has 2 N–H and O–H groups in total. The van der Waals surface area contributed by atoms with Crippen LogP contribution < -0.4 is 10.2 Å². The van der Waals surface area contributed by atoms with Gasteiger partial charge in [-0.15, -0.1) is 0 Å². The molecule has 0 spiro atoms. The van der Waals surface area contributed by atoms with Gasteiger partial charge in [0.2, 0.25) is 5.43 Å². The number of hydrogen-bond acceptors (Lipinski definition) is 3. The summed E-state index contributed by atoms with van der Waals surface area (Å²) in [5, 5.41) is 8.43. The molecular weight excluding hydrogens is 174 g/mol. The van der Waals surface area contributed by atoms with Gasteiger partial charge in [-0.25, -0.2) is 0 Å². The Morgan fingerprint density at radius 1 is 1.69 bits per heavy atom. The van der Waals surface area contributed by atoms with E-state index in [1.165, 1.54) is 19.4 Å². The molecule has 0 aromatic carbocycles. The molecule has 1 rings (SSSR count). The number of aromatic nitrogens is 1. The van der Waals surface area contributed by atoms with Crippen LogP contribution >= 0.6 is 0 Å². The van der Waals surface area contributed by atoms with Gasteiger partial charge in [-0.05, 0) is 0 Å². The summed E-state index contributed by atoms with van der Waals surface area (Å²) in [4.78, 5) is 24.1. The Bertz CT molecular complexity index is 369. The third kappa shape index (κ3) is 2.33. The second-order valence-corrected chi connectivity index (χ2v) is 2.46. The van der Waals surface area contributed by atoms with E-state index in [9.17, 15) is 9.59 Å². The Labute approximate surface area is 74.0 Å². The molecule has 1 aromatic rings. The number of carboxylic acid groups (broad SMARTS) is 1. The topological polar surface area (TPSA) is 79.4 Å². The second-order valence-electron chi connectivity index (χ2n) is 2.46. The van der Waals surface area contributed by atoms with Crippen LogP contribution in [0.5, 0.6) is 5.75 Å². The molecule has 0 aliphatic carbocycles. The average Bonchev–Trinajstić information content (AvgIpc) is 2.03. The van der Waals surface area contributed by atoms with Gasteiger partial charge in [0.25, 0.3) is 0 Å². The third-order valence-corrected chi connectivity index (χ3v) is 1.50. The fourth-order valence-corrected chi connectivity index (χ4v) is 0.925. The fraction of sp³-hybridized carbons (Fsp3) is 0.250. The van der Waals surface area contributed by atoms with Crippen LogP contribution in [0.25, 0.3) is 0 Å².